The molecule has 2 aromatic carbocycles. The summed E-state index contributed by atoms with van der Waals surface area (Å²) in [6, 6.07) is 12.4. The molecule has 6 nitrogen and oxygen atoms in total. The molecule has 0 bridgehead atoms. The van der Waals surface area contributed by atoms with E-state index in [0.29, 0.717) is 39.1 Å². The van der Waals surface area contributed by atoms with Crippen LogP contribution in [0.1, 0.15) is 23.6 Å². The summed E-state index contributed by atoms with van der Waals surface area (Å²) < 4.78 is 15.4. The fourth-order valence-corrected chi connectivity index (χ4v) is 3.10. The maximum Gasteiger partial charge on any atom is 0.341 e. The Labute approximate surface area is 186 Å². The number of esters is 1. The van der Waals surface area contributed by atoms with Crippen molar-refractivity contribution in [2.24, 2.45) is 5.16 Å². The Morgan fingerprint density at radius 1 is 1.03 bits per heavy atom. The van der Waals surface area contributed by atoms with Crippen LogP contribution in [0, 0.1) is 0 Å². The van der Waals surface area contributed by atoms with E-state index in [1.165, 1.54) is 20.5 Å². The van der Waals surface area contributed by atoms with E-state index in [9.17, 15) is 4.79 Å². The summed E-state index contributed by atoms with van der Waals surface area (Å²) in [4.78, 5) is 17.8. The largest absolute Gasteiger partial charge is 0.503 e. The number of carbonyl (C=O) groups excluding carboxylic acids is 1. The fraction of sp³-hybridized carbons (Fsp3) is 0.273. The molecule has 0 saturated carbocycles. The van der Waals surface area contributed by atoms with E-state index in [4.69, 9.17) is 42.3 Å². The van der Waals surface area contributed by atoms with Crippen LogP contribution in [0.3, 0.4) is 0 Å². The average Bonchev–Trinajstić information content (AvgIpc) is 2.75. The van der Waals surface area contributed by atoms with E-state index < -0.39 is 5.97 Å². The second-order valence-corrected chi connectivity index (χ2v) is 6.77. The van der Waals surface area contributed by atoms with Crippen LogP contribution in [0.25, 0.3) is 5.57 Å². The third-order valence-electron chi connectivity index (χ3n) is 4.06. The standard InChI is InChI=1S/C22H23Cl2NO5/c1-4-29-14-21(16-8-5-6-10-19(16)23)25-30-13-17-15(9-7-11-20(17)24)18(12-27-2)22(26)28-3/h5-12H,4,13-14H2,1-3H3/b18-12+,25-21+. The number of carbonyl (C=O) groups is 1. The summed E-state index contributed by atoms with van der Waals surface area (Å²) in [5.74, 6) is -0.558. The van der Waals surface area contributed by atoms with E-state index >= 15 is 0 Å². The highest BCUT2D eigenvalue weighted by Crippen LogP contribution is 2.28. The number of hydrogen-bond donors (Lipinski definition) is 0. The van der Waals surface area contributed by atoms with Crippen molar-refractivity contribution in [1.82, 2.24) is 0 Å². The van der Waals surface area contributed by atoms with Crippen molar-refractivity contribution in [1.29, 1.82) is 0 Å². The number of halogens is 2. The first-order valence-corrected chi connectivity index (χ1v) is 9.89. The van der Waals surface area contributed by atoms with Crippen molar-refractivity contribution < 1.29 is 23.8 Å². The molecule has 0 aromatic heterocycles. The summed E-state index contributed by atoms with van der Waals surface area (Å²) in [5, 5.41) is 5.17. The van der Waals surface area contributed by atoms with Crippen molar-refractivity contribution in [2.45, 2.75) is 13.5 Å². The van der Waals surface area contributed by atoms with Gasteiger partial charge in [0, 0.05) is 33.3 Å². The van der Waals surface area contributed by atoms with E-state index in [1.54, 1.807) is 24.3 Å². The zero-order chi connectivity index (χ0) is 21.9. The number of rotatable bonds is 10. The Morgan fingerprint density at radius 3 is 2.40 bits per heavy atom. The molecule has 0 aliphatic heterocycles. The summed E-state index contributed by atoms with van der Waals surface area (Å²) >= 11 is 12.7. The Kier molecular flexibility index (Phi) is 9.67. The average molecular weight is 452 g/mol. The Bertz CT molecular complexity index is 927. The summed E-state index contributed by atoms with van der Waals surface area (Å²) in [5.41, 5.74) is 2.55. The molecule has 0 N–H and O–H groups in total. The van der Waals surface area contributed by atoms with Gasteiger partial charge in [-0.2, -0.15) is 0 Å². The number of oxime groups is 1. The molecular formula is C22H23Cl2NO5. The lowest BCUT2D eigenvalue weighted by Gasteiger charge is -2.13. The third kappa shape index (κ3) is 6.23. The van der Waals surface area contributed by atoms with Gasteiger partial charge >= 0.3 is 5.97 Å². The molecule has 0 spiro atoms. The van der Waals surface area contributed by atoms with Crippen molar-refractivity contribution in [3.05, 3.63) is 75.5 Å². The zero-order valence-electron chi connectivity index (χ0n) is 17.0. The van der Waals surface area contributed by atoms with Crippen LogP contribution in [0.15, 0.2) is 53.9 Å². The fourth-order valence-electron chi connectivity index (χ4n) is 2.63. The van der Waals surface area contributed by atoms with Crippen LogP contribution in [0.2, 0.25) is 10.0 Å². The summed E-state index contributed by atoms with van der Waals surface area (Å²) in [6.07, 6.45) is 1.30. The molecule has 2 rings (SSSR count). The van der Waals surface area contributed by atoms with Gasteiger partial charge in [0.05, 0.1) is 27.1 Å². The molecule has 0 radical (unpaired) electrons. The van der Waals surface area contributed by atoms with Crippen LogP contribution < -0.4 is 0 Å². The molecular weight excluding hydrogens is 429 g/mol. The Hall–Kier alpha value is -2.54. The van der Waals surface area contributed by atoms with Crippen LogP contribution in [-0.4, -0.2) is 39.1 Å². The van der Waals surface area contributed by atoms with Gasteiger partial charge in [-0.1, -0.05) is 58.7 Å². The maximum atomic E-state index is 12.2. The van der Waals surface area contributed by atoms with Crippen LogP contribution in [0.4, 0.5) is 0 Å². The molecule has 0 amide bonds. The second-order valence-electron chi connectivity index (χ2n) is 5.95. The Morgan fingerprint density at radius 2 is 1.73 bits per heavy atom. The van der Waals surface area contributed by atoms with E-state index in [0.717, 1.165) is 0 Å². The summed E-state index contributed by atoms with van der Waals surface area (Å²) in [6.45, 7) is 2.64. The minimum atomic E-state index is -0.558. The van der Waals surface area contributed by atoms with Gasteiger partial charge in [-0.25, -0.2) is 4.79 Å². The van der Waals surface area contributed by atoms with Crippen LogP contribution in [-0.2, 0) is 30.4 Å². The molecule has 160 valence electrons. The zero-order valence-corrected chi connectivity index (χ0v) is 18.5. The third-order valence-corrected chi connectivity index (χ3v) is 4.75. The minimum absolute atomic E-state index is 0.00708. The monoisotopic (exact) mass is 451 g/mol. The predicted molar refractivity (Wildman–Crippen MR) is 118 cm³/mol. The van der Waals surface area contributed by atoms with Gasteiger partial charge in [0.1, 0.15) is 17.9 Å². The normalized spacial score (nSPS) is 11.9. The first kappa shape index (κ1) is 23.7. The summed E-state index contributed by atoms with van der Waals surface area (Å²) in [7, 11) is 2.73. The minimum Gasteiger partial charge on any atom is -0.503 e. The van der Waals surface area contributed by atoms with Crippen LogP contribution in [0.5, 0.6) is 0 Å². The first-order valence-electron chi connectivity index (χ1n) is 9.13. The van der Waals surface area contributed by atoms with Crippen molar-refractivity contribution in [3.63, 3.8) is 0 Å². The van der Waals surface area contributed by atoms with Gasteiger partial charge in [0.2, 0.25) is 0 Å². The van der Waals surface area contributed by atoms with Crippen LogP contribution >= 0.6 is 23.2 Å². The molecule has 2 aromatic rings. The lowest BCUT2D eigenvalue weighted by atomic mass is 10.0. The van der Waals surface area contributed by atoms with E-state index in [-0.39, 0.29) is 18.8 Å². The molecule has 0 fully saturated rings. The quantitative estimate of drug-likeness (QED) is 0.165. The Balaban J connectivity index is 2.34. The molecule has 0 atom stereocenters. The molecule has 0 unspecified atom stereocenters. The lowest BCUT2D eigenvalue weighted by Crippen LogP contribution is -2.12. The highest BCUT2D eigenvalue weighted by Gasteiger charge is 2.19. The number of nitrogens with zero attached hydrogens (tertiary/aromatic N) is 1. The smallest absolute Gasteiger partial charge is 0.341 e. The van der Waals surface area contributed by atoms with Crippen molar-refractivity contribution >= 4 is 40.5 Å². The SMILES string of the molecule is CCOC/C(=N\OCc1c(Cl)cccc1/C(=C\OC)C(=O)OC)c1ccccc1Cl. The molecule has 30 heavy (non-hydrogen) atoms. The molecule has 0 aliphatic rings. The van der Waals surface area contributed by atoms with Gasteiger partial charge < -0.3 is 19.0 Å². The number of hydrogen-bond acceptors (Lipinski definition) is 6. The predicted octanol–water partition coefficient (Wildman–Crippen LogP) is 5.11. The second kappa shape index (κ2) is 12.2. The van der Waals surface area contributed by atoms with E-state index in [2.05, 4.69) is 5.16 Å². The number of ether oxygens (including phenoxy) is 3. The lowest BCUT2D eigenvalue weighted by molar-refractivity contribution is -0.133. The molecule has 0 heterocycles. The molecule has 0 aliphatic carbocycles. The van der Waals surface area contributed by atoms with Crippen molar-refractivity contribution in [3.8, 4) is 0 Å². The first-order chi connectivity index (χ1) is 14.5. The highest BCUT2D eigenvalue weighted by atomic mass is 35.5. The number of benzene rings is 2. The molecule has 0 saturated heterocycles. The van der Waals surface area contributed by atoms with Gasteiger partial charge in [-0.3, -0.25) is 0 Å². The topological polar surface area (TPSA) is 66.3 Å². The van der Waals surface area contributed by atoms with Gasteiger partial charge in [-0.15, -0.1) is 0 Å². The van der Waals surface area contributed by atoms with Gasteiger partial charge in [-0.05, 0) is 19.1 Å². The highest BCUT2D eigenvalue weighted by molar-refractivity contribution is 6.34. The van der Waals surface area contributed by atoms with Gasteiger partial charge in [0.25, 0.3) is 0 Å². The maximum absolute atomic E-state index is 12.2. The van der Waals surface area contributed by atoms with E-state index in [1.807, 2.05) is 25.1 Å². The van der Waals surface area contributed by atoms with Crippen molar-refractivity contribution in [2.75, 3.05) is 27.4 Å². The van der Waals surface area contributed by atoms with Gasteiger partial charge in [0.15, 0.2) is 0 Å². The number of methoxy groups -OCH3 is 2. The molecule has 8 heteroatoms.